The fourth-order valence-electron chi connectivity index (χ4n) is 2.66. The molecular weight excluding hydrogens is 346 g/mol. The van der Waals surface area contributed by atoms with E-state index in [2.05, 4.69) is 46.7 Å². The molecule has 0 unspecified atom stereocenters. The first-order valence-electron chi connectivity index (χ1n) is 9.05. The van der Waals surface area contributed by atoms with Crippen LogP contribution in [0.15, 0.2) is 89.4 Å². The second-order valence-corrected chi connectivity index (χ2v) is 6.47. The van der Waals surface area contributed by atoms with Crippen LogP contribution in [-0.2, 0) is 0 Å². The largest absolute Gasteiger partial charge is 0.465 e. The van der Waals surface area contributed by atoms with Gasteiger partial charge in [0.2, 0.25) is 0 Å². The van der Waals surface area contributed by atoms with Gasteiger partial charge < -0.3 is 9.73 Å². The highest BCUT2D eigenvalue weighted by molar-refractivity contribution is 5.65. The molecule has 4 heteroatoms. The van der Waals surface area contributed by atoms with E-state index in [1.165, 1.54) is 5.56 Å². The Hall–Kier alpha value is -3.62. The first-order chi connectivity index (χ1) is 13.5. The van der Waals surface area contributed by atoms with E-state index in [0.717, 1.165) is 28.3 Å². The number of benzene rings is 1. The van der Waals surface area contributed by atoms with Gasteiger partial charge in [0.1, 0.15) is 11.6 Å². The summed E-state index contributed by atoms with van der Waals surface area (Å²) < 4.78 is 5.46. The molecule has 0 aliphatic rings. The molecule has 1 aromatic carbocycles. The molecule has 0 radical (unpaired) electrons. The van der Waals surface area contributed by atoms with Crippen LogP contribution in [0.4, 0.5) is 5.82 Å². The number of aromatic nitrogens is 2. The van der Waals surface area contributed by atoms with Crippen molar-refractivity contribution in [3.05, 3.63) is 102 Å². The van der Waals surface area contributed by atoms with Crippen LogP contribution in [0, 0.1) is 13.8 Å². The summed E-state index contributed by atoms with van der Waals surface area (Å²) in [5, 5.41) is 3.33. The number of anilines is 1. The summed E-state index contributed by atoms with van der Waals surface area (Å²) in [5.41, 5.74) is 7.97. The molecule has 0 atom stereocenters. The van der Waals surface area contributed by atoms with Crippen molar-refractivity contribution in [2.45, 2.75) is 20.8 Å². The molecule has 0 bridgehead atoms. The normalized spacial score (nSPS) is 10.9. The third-order valence-corrected chi connectivity index (χ3v) is 4.05. The van der Waals surface area contributed by atoms with E-state index in [4.69, 9.17) is 4.42 Å². The maximum absolute atomic E-state index is 5.46. The Morgan fingerprint density at radius 1 is 1.14 bits per heavy atom. The third-order valence-electron chi connectivity index (χ3n) is 4.05. The van der Waals surface area contributed by atoms with Crippen molar-refractivity contribution >= 4 is 11.4 Å². The van der Waals surface area contributed by atoms with Gasteiger partial charge in [-0.1, -0.05) is 48.2 Å². The van der Waals surface area contributed by atoms with Gasteiger partial charge in [0.15, 0.2) is 5.82 Å². The molecule has 0 saturated heterocycles. The zero-order chi connectivity index (χ0) is 19.9. The highest BCUT2D eigenvalue weighted by Gasteiger charge is 2.07. The lowest BCUT2D eigenvalue weighted by molar-refractivity contribution is 0.552. The van der Waals surface area contributed by atoms with Crippen molar-refractivity contribution in [3.63, 3.8) is 0 Å². The summed E-state index contributed by atoms with van der Waals surface area (Å²) in [6.07, 6.45) is 7.05. The molecule has 3 rings (SSSR count). The van der Waals surface area contributed by atoms with Crippen LogP contribution < -0.4 is 5.32 Å². The predicted molar refractivity (Wildman–Crippen MR) is 115 cm³/mol. The molecule has 140 valence electrons. The van der Waals surface area contributed by atoms with E-state index in [1.54, 1.807) is 18.4 Å². The van der Waals surface area contributed by atoms with Crippen LogP contribution in [-0.4, -0.2) is 9.97 Å². The zero-order valence-electron chi connectivity index (χ0n) is 16.4. The zero-order valence-corrected chi connectivity index (χ0v) is 16.4. The summed E-state index contributed by atoms with van der Waals surface area (Å²) in [5.74, 6) is 2.19. The number of aryl methyl sites for hydroxylation is 2. The molecule has 1 N–H and O–H groups in total. The van der Waals surface area contributed by atoms with Gasteiger partial charge in [-0.25, -0.2) is 9.97 Å². The van der Waals surface area contributed by atoms with Crippen LogP contribution in [0.2, 0.25) is 0 Å². The van der Waals surface area contributed by atoms with Crippen molar-refractivity contribution in [2.24, 2.45) is 0 Å². The van der Waals surface area contributed by atoms with E-state index in [9.17, 15) is 0 Å². The number of furan rings is 1. The molecule has 2 aromatic heterocycles. The smallest absolute Gasteiger partial charge is 0.161 e. The van der Waals surface area contributed by atoms with Gasteiger partial charge in [0.05, 0.1) is 12.0 Å². The first-order valence-corrected chi connectivity index (χ1v) is 9.05. The minimum Gasteiger partial charge on any atom is -0.465 e. The Morgan fingerprint density at radius 2 is 1.93 bits per heavy atom. The van der Waals surface area contributed by atoms with E-state index in [1.807, 2.05) is 50.3 Å². The third kappa shape index (κ3) is 4.97. The Labute approximate surface area is 165 Å². The van der Waals surface area contributed by atoms with E-state index in [0.29, 0.717) is 11.6 Å². The highest BCUT2D eigenvalue weighted by atomic mass is 16.3. The molecule has 4 nitrogen and oxygen atoms in total. The minimum atomic E-state index is 0.682. The van der Waals surface area contributed by atoms with Crippen LogP contribution in [0.5, 0.6) is 0 Å². The van der Waals surface area contributed by atoms with Crippen molar-refractivity contribution in [1.29, 1.82) is 0 Å². The predicted octanol–water partition coefficient (Wildman–Crippen LogP) is 6.09. The molecule has 28 heavy (non-hydrogen) atoms. The summed E-state index contributed by atoms with van der Waals surface area (Å²) >= 11 is 0. The molecule has 0 aliphatic heterocycles. The monoisotopic (exact) mass is 369 g/mol. The van der Waals surface area contributed by atoms with Gasteiger partial charge in [-0.3, -0.25) is 0 Å². The van der Waals surface area contributed by atoms with Crippen molar-refractivity contribution < 1.29 is 4.42 Å². The van der Waals surface area contributed by atoms with E-state index in [-0.39, 0.29) is 0 Å². The summed E-state index contributed by atoms with van der Waals surface area (Å²) in [4.78, 5) is 9.25. The van der Waals surface area contributed by atoms with E-state index < -0.39 is 0 Å². The lowest BCUT2D eigenvalue weighted by Gasteiger charge is -2.09. The Morgan fingerprint density at radius 3 is 2.61 bits per heavy atom. The topological polar surface area (TPSA) is 51.0 Å². The van der Waals surface area contributed by atoms with Gasteiger partial charge >= 0.3 is 0 Å². The molecule has 0 saturated carbocycles. The fourth-order valence-corrected chi connectivity index (χ4v) is 2.66. The van der Waals surface area contributed by atoms with Crippen molar-refractivity contribution in [2.75, 3.05) is 5.32 Å². The summed E-state index contributed by atoms with van der Waals surface area (Å²) in [6.45, 7) is 9.72. The van der Waals surface area contributed by atoms with Crippen LogP contribution in [0.25, 0.3) is 17.0 Å². The second-order valence-electron chi connectivity index (χ2n) is 6.47. The summed E-state index contributed by atoms with van der Waals surface area (Å²) in [6, 6.07) is 13.9. The van der Waals surface area contributed by atoms with E-state index >= 15 is 0 Å². The van der Waals surface area contributed by atoms with Crippen molar-refractivity contribution in [3.8, 4) is 11.4 Å². The second kappa shape index (κ2) is 8.85. The standard InChI is InChI=1S/C24H23N3O/c1-5-6-8-21(15-18(3)22-9-7-14-28-22)26-23-16-19(4)25-24(27-23)20-12-10-17(2)11-13-20/h5-7,9-16H,1H2,2-4H3,(H,25,26,27)/b18-15+. The number of allylic oxidation sites excluding steroid dienone is 3. The molecule has 0 aliphatic carbocycles. The lowest BCUT2D eigenvalue weighted by Crippen LogP contribution is -2.02. The molecule has 0 amide bonds. The maximum Gasteiger partial charge on any atom is 0.161 e. The molecule has 3 aromatic rings. The SMILES string of the molecule is C=CC=C=C(/C=C(\C)c1ccco1)Nc1cc(C)nc(-c2ccc(C)cc2)n1. The maximum atomic E-state index is 5.46. The fraction of sp³-hybridized carbons (Fsp3) is 0.125. The minimum absolute atomic E-state index is 0.682. The number of nitrogens with zero attached hydrogens (tertiary/aromatic N) is 2. The van der Waals surface area contributed by atoms with Gasteiger partial charge in [-0.15, -0.1) is 0 Å². The van der Waals surface area contributed by atoms with Crippen LogP contribution in [0.3, 0.4) is 0 Å². The number of hydrogen-bond donors (Lipinski definition) is 1. The number of rotatable bonds is 6. The highest BCUT2D eigenvalue weighted by Crippen LogP contribution is 2.21. The van der Waals surface area contributed by atoms with Gasteiger partial charge in [-0.2, -0.15) is 0 Å². The average Bonchev–Trinajstić information content (AvgIpc) is 3.21. The Balaban J connectivity index is 1.95. The molecule has 0 fully saturated rings. The number of hydrogen-bond acceptors (Lipinski definition) is 4. The van der Waals surface area contributed by atoms with Crippen LogP contribution >= 0.6 is 0 Å². The lowest BCUT2D eigenvalue weighted by atomic mass is 10.1. The Bertz CT molecular complexity index is 1050. The molecule has 0 spiro atoms. The van der Waals surface area contributed by atoms with Gasteiger partial charge in [0.25, 0.3) is 0 Å². The first kappa shape index (κ1) is 19.2. The quantitative estimate of drug-likeness (QED) is 0.422. The van der Waals surface area contributed by atoms with Crippen molar-refractivity contribution in [1.82, 2.24) is 9.97 Å². The van der Waals surface area contributed by atoms with Gasteiger partial charge in [-0.05, 0) is 50.6 Å². The molecule has 2 heterocycles. The molecular formula is C24H23N3O. The average molecular weight is 369 g/mol. The Kier molecular flexibility index (Phi) is 6.05. The number of nitrogens with one attached hydrogen (secondary N) is 1. The summed E-state index contributed by atoms with van der Waals surface area (Å²) in [7, 11) is 0. The van der Waals surface area contributed by atoms with Gasteiger partial charge in [0, 0.05) is 17.3 Å². The van der Waals surface area contributed by atoms with Crippen LogP contribution in [0.1, 0.15) is 23.9 Å².